The number of carbonyl (C=O) groups is 2. The number of benzene rings is 2. The van der Waals surface area contributed by atoms with Crippen LogP contribution in [0.3, 0.4) is 0 Å². The zero-order valence-corrected chi connectivity index (χ0v) is 19.1. The van der Waals surface area contributed by atoms with Gasteiger partial charge in [-0.3, -0.25) is 14.5 Å². The molecule has 2 amide bonds. The summed E-state index contributed by atoms with van der Waals surface area (Å²) in [6.07, 6.45) is 1.57. The van der Waals surface area contributed by atoms with Crippen molar-refractivity contribution in [3.05, 3.63) is 69.8 Å². The van der Waals surface area contributed by atoms with E-state index in [-0.39, 0.29) is 23.5 Å². The third-order valence-electron chi connectivity index (χ3n) is 5.09. The predicted molar refractivity (Wildman–Crippen MR) is 124 cm³/mol. The molecule has 1 fully saturated rings. The number of rotatable bonds is 6. The van der Waals surface area contributed by atoms with Crippen molar-refractivity contribution < 1.29 is 28.2 Å². The van der Waals surface area contributed by atoms with E-state index in [0.717, 1.165) is 28.0 Å². The molecule has 1 saturated heterocycles. The van der Waals surface area contributed by atoms with Crippen LogP contribution in [0.2, 0.25) is 5.02 Å². The number of nitrogens with zero attached hydrogens (tertiary/aromatic N) is 1. The molecule has 2 aliphatic rings. The Hall–Kier alpha value is -3.36. The molecule has 2 aliphatic heterocycles. The van der Waals surface area contributed by atoms with Gasteiger partial charge in [0.2, 0.25) is 6.79 Å². The van der Waals surface area contributed by atoms with Gasteiger partial charge in [-0.25, -0.2) is 0 Å². The van der Waals surface area contributed by atoms with Gasteiger partial charge in [0, 0.05) is 22.7 Å². The van der Waals surface area contributed by atoms with Crippen LogP contribution in [0.5, 0.6) is 17.2 Å². The highest BCUT2D eigenvalue weighted by molar-refractivity contribution is 8.18. The first kappa shape index (κ1) is 21.5. The van der Waals surface area contributed by atoms with Crippen LogP contribution >= 0.6 is 23.4 Å². The molecule has 168 valence electrons. The van der Waals surface area contributed by atoms with E-state index in [9.17, 15) is 9.59 Å². The van der Waals surface area contributed by atoms with Crippen molar-refractivity contribution in [2.24, 2.45) is 0 Å². The van der Waals surface area contributed by atoms with Gasteiger partial charge in [-0.1, -0.05) is 11.6 Å². The van der Waals surface area contributed by atoms with Crippen molar-refractivity contribution >= 4 is 40.6 Å². The Morgan fingerprint density at radius 3 is 2.61 bits per heavy atom. The van der Waals surface area contributed by atoms with Gasteiger partial charge < -0.3 is 18.6 Å². The Morgan fingerprint density at radius 2 is 1.85 bits per heavy atom. The minimum absolute atomic E-state index is 0.0348. The summed E-state index contributed by atoms with van der Waals surface area (Å²) < 4.78 is 22.0. The van der Waals surface area contributed by atoms with E-state index in [2.05, 4.69) is 0 Å². The van der Waals surface area contributed by atoms with Gasteiger partial charge in [0.25, 0.3) is 11.1 Å². The number of amides is 2. The molecular formula is C24H18ClNO6S. The van der Waals surface area contributed by atoms with Crippen molar-refractivity contribution in [2.75, 3.05) is 13.4 Å². The number of ether oxygens (including phenoxy) is 3. The number of thioether (sulfide) groups is 1. The molecule has 33 heavy (non-hydrogen) atoms. The summed E-state index contributed by atoms with van der Waals surface area (Å²) in [5, 5.41) is 0.0200. The third-order valence-corrected chi connectivity index (χ3v) is 6.35. The van der Waals surface area contributed by atoms with Crippen molar-refractivity contribution in [1.82, 2.24) is 4.90 Å². The maximum atomic E-state index is 12.9. The number of hydrogen-bond acceptors (Lipinski definition) is 7. The fourth-order valence-electron chi connectivity index (χ4n) is 3.48. The Morgan fingerprint density at radius 1 is 1.09 bits per heavy atom. The van der Waals surface area contributed by atoms with E-state index in [1.54, 1.807) is 24.3 Å². The molecule has 0 spiro atoms. The molecule has 0 aliphatic carbocycles. The first-order chi connectivity index (χ1) is 16.0. The Kier molecular flexibility index (Phi) is 5.78. The highest BCUT2D eigenvalue weighted by Crippen LogP contribution is 2.39. The average Bonchev–Trinajstić information content (AvgIpc) is 3.51. The number of furan rings is 1. The molecule has 0 saturated carbocycles. The average molecular weight is 484 g/mol. The molecule has 3 heterocycles. The Bertz CT molecular complexity index is 1270. The van der Waals surface area contributed by atoms with E-state index < -0.39 is 5.91 Å². The zero-order valence-electron chi connectivity index (χ0n) is 17.5. The topological polar surface area (TPSA) is 78.2 Å². The first-order valence-corrected chi connectivity index (χ1v) is 11.4. The molecule has 0 radical (unpaired) electrons. The second-order valence-corrected chi connectivity index (χ2v) is 8.62. The number of hydrogen-bond donors (Lipinski definition) is 0. The summed E-state index contributed by atoms with van der Waals surface area (Å²) in [4.78, 5) is 26.9. The van der Waals surface area contributed by atoms with E-state index in [1.807, 2.05) is 37.3 Å². The lowest BCUT2D eigenvalue weighted by Crippen LogP contribution is -2.27. The number of carbonyl (C=O) groups excluding carboxylic acids is 2. The summed E-state index contributed by atoms with van der Waals surface area (Å²) >= 11 is 7.17. The summed E-state index contributed by atoms with van der Waals surface area (Å²) in [5.41, 5.74) is 1.48. The highest BCUT2D eigenvalue weighted by atomic mass is 35.5. The van der Waals surface area contributed by atoms with Crippen molar-refractivity contribution in [3.8, 4) is 28.6 Å². The molecular weight excluding hydrogens is 466 g/mol. The number of halogens is 1. The van der Waals surface area contributed by atoms with Gasteiger partial charge in [0.15, 0.2) is 11.5 Å². The standard InChI is InChI=1S/C24H18ClNO6S/c1-2-29-16-5-3-14(4-6-16)19-8-7-17(32-19)10-22-23(27)26(24(28)33-22)12-15-9-20-21(11-18(15)25)31-13-30-20/h3-11H,2,12-13H2,1H3. The van der Waals surface area contributed by atoms with Gasteiger partial charge in [0.05, 0.1) is 18.1 Å². The maximum absolute atomic E-state index is 12.9. The van der Waals surface area contributed by atoms with Crippen LogP contribution in [0.4, 0.5) is 4.79 Å². The second-order valence-electron chi connectivity index (χ2n) is 7.22. The molecule has 3 aromatic rings. The number of imide groups is 1. The molecule has 5 rings (SSSR count). The molecule has 2 aromatic carbocycles. The maximum Gasteiger partial charge on any atom is 0.293 e. The van der Waals surface area contributed by atoms with Crippen LogP contribution in [0.15, 0.2) is 57.9 Å². The van der Waals surface area contributed by atoms with Crippen LogP contribution in [0.1, 0.15) is 18.2 Å². The normalized spacial score (nSPS) is 16.2. The monoisotopic (exact) mass is 483 g/mol. The van der Waals surface area contributed by atoms with E-state index >= 15 is 0 Å². The molecule has 0 N–H and O–H groups in total. The fourth-order valence-corrected chi connectivity index (χ4v) is 4.52. The van der Waals surface area contributed by atoms with E-state index in [1.165, 1.54) is 0 Å². The third kappa shape index (κ3) is 4.31. The fraction of sp³-hybridized carbons (Fsp3) is 0.167. The van der Waals surface area contributed by atoms with Crippen LogP contribution in [-0.2, 0) is 11.3 Å². The zero-order chi connectivity index (χ0) is 22.9. The van der Waals surface area contributed by atoms with Crippen molar-refractivity contribution in [2.45, 2.75) is 13.5 Å². The molecule has 0 atom stereocenters. The SMILES string of the molecule is CCOc1ccc(-c2ccc(C=C3SC(=O)N(Cc4cc5c(cc4Cl)OCO5)C3=O)o2)cc1. The lowest BCUT2D eigenvalue weighted by atomic mass is 10.2. The van der Waals surface area contributed by atoms with E-state index in [0.29, 0.717) is 40.2 Å². The van der Waals surface area contributed by atoms with Crippen molar-refractivity contribution in [3.63, 3.8) is 0 Å². The molecule has 9 heteroatoms. The number of fused-ring (bicyclic) bond motifs is 1. The second kappa shape index (κ2) is 8.88. The van der Waals surface area contributed by atoms with Gasteiger partial charge in [-0.2, -0.15) is 0 Å². The minimum Gasteiger partial charge on any atom is -0.494 e. The van der Waals surface area contributed by atoms with Crippen LogP contribution in [0.25, 0.3) is 17.4 Å². The summed E-state index contributed by atoms with van der Waals surface area (Å²) in [7, 11) is 0. The molecule has 7 nitrogen and oxygen atoms in total. The summed E-state index contributed by atoms with van der Waals surface area (Å²) in [6.45, 7) is 2.67. The van der Waals surface area contributed by atoms with Gasteiger partial charge in [-0.15, -0.1) is 0 Å². The lowest BCUT2D eigenvalue weighted by Gasteiger charge is -2.14. The largest absolute Gasteiger partial charge is 0.494 e. The lowest BCUT2D eigenvalue weighted by molar-refractivity contribution is -0.123. The van der Waals surface area contributed by atoms with Crippen LogP contribution in [-0.4, -0.2) is 29.4 Å². The van der Waals surface area contributed by atoms with Crippen LogP contribution < -0.4 is 14.2 Å². The van der Waals surface area contributed by atoms with E-state index in [4.69, 9.17) is 30.2 Å². The quantitative estimate of drug-likeness (QED) is 0.400. The molecule has 0 bridgehead atoms. The van der Waals surface area contributed by atoms with Crippen molar-refractivity contribution in [1.29, 1.82) is 0 Å². The van der Waals surface area contributed by atoms with Crippen LogP contribution in [0, 0.1) is 0 Å². The summed E-state index contributed by atoms with van der Waals surface area (Å²) in [6, 6.07) is 14.4. The highest BCUT2D eigenvalue weighted by Gasteiger charge is 2.36. The molecule has 1 aromatic heterocycles. The summed E-state index contributed by atoms with van der Waals surface area (Å²) in [5.74, 6) is 2.58. The Balaban J connectivity index is 1.32. The van der Waals surface area contributed by atoms with Gasteiger partial charge >= 0.3 is 0 Å². The first-order valence-electron chi connectivity index (χ1n) is 10.2. The Labute approximate surface area is 198 Å². The van der Waals surface area contributed by atoms with Gasteiger partial charge in [-0.05, 0) is 66.7 Å². The van der Waals surface area contributed by atoms with Gasteiger partial charge in [0.1, 0.15) is 17.3 Å². The smallest absolute Gasteiger partial charge is 0.293 e. The molecule has 0 unspecified atom stereocenters. The minimum atomic E-state index is -0.405. The predicted octanol–water partition coefficient (Wildman–Crippen LogP) is 5.96.